The van der Waals surface area contributed by atoms with Gasteiger partial charge in [-0.15, -0.1) is 0 Å². The van der Waals surface area contributed by atoms with Gasteiger partial charge in [-0.05, 0) is 0 Å². The van der Waals surface area contributed by atoms with E-state index in [-0.39, 0.29) is 18.7 Å². The van der Waals surface area contributed by atoms with E-state index >= 15 is 0 Å². The van der Waals surface area contributed by atoms with E-state index in [0.29, 0.717) is 26.3 Å². The minimum absolute atomic E-state index is 0.0174. The van der Waals surface area contributed by atoms with Crippen LogP contribution in [0.3, 0.4) is 0 Å². The fourth-order valence-corrected chi connectivity index (χ4v) is 1.28. The Labute approximate surface area is 86.7 Å². The van der Waals surface area contributed by atoms with Crippen LogP contribution in [0.5, 0.6) is 0 Å². The minimum atomic E-state index is -0.892. The predicted octanol–water partition coefficient (Wildman–Crippen LogP) is -0.768. The highest BCUT2D eigenvalue weighted by Gasteiger charge is 2.18. The average molecular weight is 218 g/mol. The Kier molecular flexibility index (Phi) is 4.47. The van der Waals surface area contributed by atoms with Gasteiger partial charge in [0.05, 0.1) is 13.2 Å². The van der Waals surface area contributed by atoms with Gasteiger partial charge in [0.1, 0.15) is 0 Å². The number of carbonyl (C=O) groups is 2. The van der Waals surface area contributed by atoms with Crippen molar-refractivity contribution in [2.75, 3.05) is 26.3 Å². The zero-order valence-corrected chi connectivity index (χ0v) is 8.26. The first kappa shape index (κ1) is 11.9. The van der Waals surface area contributed by atoms with Crippen LogP contribution in [-0.2, 0) is 14.3 Å². The van der Waals surface area contributed by atoms with E-state index in [9.17, 15) is 9.59 Å². The molecule has 1 saturated heterocycles. The number of morpholine rings is 1. The molecule has 0 atom stereocenters. The standard InChI is InChI=1S/C8H14N2O5/c11-7(1-2-8(12)10(13)14)9-3-5-15-6-4-9/h13-14H,1-6H2. The van der Waals surface area contributed by atoms with Crippen LogP contribution in [0, 0.1) is 0 Å². The van der Waals surface area contributed by atoms with Gasteiger partial charge in [0.25, 0.3) is 5.91 Å². The SMILES string of the molecule is O=C(CCC(=O)N1CCOCC1)N(O)O. The van der Waals surface area contributed by atoms with Crippen LogP contribution < -0.4 is 0 Å². The molecule has 0 aromatic heterocycles. The lowest BCUT2D eigenvalue weighted by Crippen LogP contribution is -2.41. The number of carbonyl (C=O) groups excluding carboxylic acids is 2. The minimum Gasteiger partial charge on any atom is -0.378 e. The molecule has 2 N–H and O–H groups in total. The number of rotatable bonds is 3. The van der Waals surface area contributed by atoms with Gasteiger partial charge in [0.2, 0.25) is 5.91 Å². The maximum absolute atomic E-state index is 11.5. The summed E-state index contributed by atoms with van der Waals surface area (Å²) in [6, 6.07) is 0. The Morgan fingerprint density at radius 2 is 1.80 bits per heavy atom. The van der Waals surface area contributed by atoms with E-state index in [2.05, 4.69) is 0 Å². The Balaban J connectivity index is 2.26. The molecule has 0 aromatic rings. The van der Waals surface area contributed by atoms with E-state index in [1.54, 1.807) is 4.90 Å². The highest BCUT2D eigenvalue weighted by Crippen LogP contribution is 2.03. The summed E-state index contributed by atoms with van der Waals surface area (Å²) >= 11 is 0. The molecular formula is C8H14N2O5. The molecule has 7 heteroatoms. The molecule has 0 saturated carbocycles. The lowest BCUT2D eigenvalue weighted by atomic mass is 10.2. The first-order valence-corrected chi connectivity index (χ1v) is 4.67. The van der Waals surface area contributed by atoms with Gasteiger partial charge < -0.3 is 9.64 Å². The van der Waals surface area contributed by atoms with E-state index < -0.39 is 11.1 Å². The summed E-state index contributed by atoms with van der Waals surface area (Å²) in [4.78, 5) is 23.8. The summed E-state index contributed by atoms with van der Waals surface area (Å²) in [6.07, 6.45) is -0.223. The van der Waals surface area contributed by atoms with Crippen molar-refractivity contribution in [2.24, 2.45) is 0 Å². The summed E-state index contributed by atoms with van der Waals surface area (Å²) in [5.41, 5.74) is 0. The highest BCUT2D eigenvalue weighted by molar-refractivity contribution is 5.82. The normalized spacial score (nSPS) is 16.3. The lowest BCUT2D eigenvalue weighted by Gasteiger charge is -2.26. The topological polar surface area (TPSA) is 90.3 Å². The van der Waals surface area contributed by atoms with Crippen molar-refractivity contribution in [1.82, 2.24) is 10.1 Å². The summed E-state index contributed by atoms with van der Waals surface area (Å²) in [6.45, 7) is 2.06. The van der Waals surface area contributed by atoms with Crippen molar-refractivity contribution in [3.05, 3.63) is 0 Å². The number of amides is 2. The van der Waals surface area contributed by atoms with Gasteiger partial charge >= 0.3 is 0 Å². The fourth-order valence-electron chi connectivity index (χ4n) is 1.28. The third-order valence-corrected chi connectivity index (χ3v) is 2.14. The van der Waals surface area contributed by atoms with E-state index in [0.717, 1.165) is 0 Å². The van der Waals surface area contributed by atoms with Gasteiger partial charge in [-0.2, -0.15) is 0 Å². The van der Waals surface area contributed by atoms with Gasteiger partial charge in [0, 0.05) is 25.9 Å². The molecule has 15 heavy (non-hydrogen) atoms. The molecule has 1 rings (SSSR count). The first-order chi connectivity index (χ1) is 7.11. The summed E-state index contributed by atoms with van der Waals surface area (Å²) in [5, 5.41) is 16.2. The highest BCUT2D eigenvalue weighted by atomic mass is 16.8. The molecule has 2 amide bonds. The zero-order chi connectivity index (χ0) is 11.3. The first-order valence-electron chi connectivity index (χ1n) is 4.67. The number of hydroxylamine groups is 2. The zero-order valence-electron chi connectivity index (χ0n) is 8.26. The van der Waals surface area contributed by atoms with Crippen molar-refractivity contribution in [2.45, 2.75) is 12.8 Å². The monoisotopic (exact) mass is 218 g/mol. The van der Waals surface area contributed by atoms with Crippen molar-refractivity contribution in [1.29, 1.82) is 0 Å². The third kappa shape index (κ3) is 3.82. The number of hydrogen-bond donors (Lipinski definition) is 2. The fraction of sp³-hybridized carbons (Fsp3) is 0.750. The second-order valence-electron chi connectivity index (χ2n) is 3.18. The summed E-state index contributed by atoms with van der Waals surface area (Å²) in [7, 11) is 0. The third-order valence-electron chi connectivity index (χ3n) is 2.14. The molecule has 1 fully saturated rings. The van der Waals surface area contributed by atoms with Crippen LogP contribution in [0.25, 0.3) is 0 Å². The van der Waals surface area contributed by atoms with Crippen LogP contribution in [0.15, 0.2) is 0 Å². The van der Waals surface area contributed by atoms with E-state index in [1.807, 2.05) is 0 Å². The van der Waals surface area contributed by atoms with Crippen LogP contribution >= 0.6 is 0 Å². The van der Waals surface area contributed by atoms with Crippen molar-refractivity contribution < 1.29 is 24.7 Å². The van der Waals surface area contributed by atoms with Crippen LogP contribution in [0.2, 0.25) is 0 Å². The number of ether oxygens (including phenoxy) is 1. The average Bonchev–Trinajstić information content (AvgIpc) is 2.26. The molecule has 0 unspecified atom stereocenters. The molecule has 86 valence electrons. The second kappa shape index (κ2) is 5.64. The largest absolute Gasteiger partial charge is 0.378 e. The van der Waals surface area contributed by atoms with E-state index in [1.165, 1.54) is 0 Å². The Morgan fingerprint density at radius 3 is 2.33 bits per heavy atom. The van der Waals surface area contributed by atoms with Gasteiger partial charge in [0.15, 0.2) is 0 Å². The van der Waals surface area contributed by atoms with Gasteiger partial charge in [-0.3, -0.25) is 20.0 Å². The predicted molar refractivity (Wildman–Crippen MR) is 47.1 cm³/mol. The molecule has 0 aromatic carbocycles. The second-order valence-corrected chi connectivity index (χ2v) is 3.18. The van der Waals surface area contributed by atoms with E-state index in [4.69, 9.17) is 15.2 Å². The van der Waals surface area contributed by atoms with Gasteiger partial charge in [-0.1, -0.05) is 5.23 Å². The summed E-state index contributed by atoms with van der Waals surface area (Å²) in [5.74, 6) is -1.06. The Bertz CT molecular complexity index is 237. The summed E-state index contributed by atoms with van der Waals surface area (Å²) < 4.78 is 5.06. The number of nitrogens with zero attached hydrogens (tertiary/aromatic N) is 2. The molecule has 1 aliphatic heterocycles. The molecule has 1 aliphatic rings. The van der Waals surface area contributed by atoms with Crippen LogP contribution in [-0.4, -0.2) is 58.7 Å². The van der Waals surface area contributed by atoms with Crippen LogP contribution in [0.1, 0.15) is 12.8 Å². The van der Waals surface area contributed by atoms with Crippen molar-refractivity contribution in [3.8, 4) is 0 Å². The van der Waals surface area contributed by atoms with Crippen molar-refractivity contribution in [3.63, 3.8) is 0 Å². The lowest BCUT2D eigenvalue weighted by molar-refractivity contribution is -0.285. The maximum Gasteiger partial charge on any atom is 0.273 e. The smallest absolute Gasteiger partial charge is 0.273 e. The Hall–Kier alpha value is -1.18. The van der Waals surface area contributed by atoms with Crippen molar-refractivity contribution >= 4 is 11.8 Å². The molecule has 0 spiro atoms. The number of hydrogen-bond acceptors (Lipinski definition) is 5. The van der Waals surface area contributed by atoms with Gasteiger partial charge in [-0.25, -0.2) is 0 Å². The Morgan fingerprint density at radius 1 is 1.20 bits per heavy atom. The molecule has 7 nitrogen and oxygen atoms in total. The molecular weight excluding hydrogens is 204 g/mol. The quantitative estimate of drug-likeness (QED) is 0.479. The molecule has 0 bridgehead atoms. The van der Waals surface area contributed by atoms with Crippen LogP contribution in [0.4, 0.5) is 0 Å². The molecule has 0 radical (unpaired) electrons. The maximum atomic E-state index is 11.5. The molecule has 1 heterocycles. The molecule has 0 aliphatic carbocycles.